The first kappa shape index (κ1) is 20.9. The molecule has 0 bridgehead atoms. The highest BCUT2D eigenvalue weighted by Gasteiger charge is 2.29. The van der Waals surface area contributed by atoms with E-state index in [1.54, 1.807) is 19.9 Å². The van der Waals surface area contributed by atoms with E-state index in [0.717, 1.165) is 11.8 Å². The summed E-state index contributed by atoms with van der Waals surface area (Å²) in [5, 5.41) is -0.763. The summed E-state index contributed by atoms with van der Waals surface area (Å²) in [6.45, 7) is 3.59. The van der Waals surface area contributed by atoms with E-state index in [1.807, 2.05) is 0 Å². The van der Waals surface area contributed by atoms with E-state index in [9.17, 15) is 13.2 Å². The van der Waals surface area contributed by atoms with Gasteiger partial charge in [0.2, 0.25) is 17.7 Å². The van der Waals surface area contributed by atoms with Gasteiger partial charge >= 0.3 is 0 Å². The van der Waals surface area contributed by atoms with Crippen LogP contribution in [-0.4, -0.2) is 48.7 Å². The number of aromatic nitrogens is 3. The monoisotopic (exact) mass is 412 g/mol. The van der Waals surface area contributed by atoms with Crippen LogP contribution in [0, 0.1) is 5.92 Å². The zero-order chi connectivity index (χ0) is 20.0. The van der Waals surface area contributed by atoms with Gasteiger partial charge in [-0.05, 0) is 18.1 Å². The van der Waals surface area contributed by atoms with Crippen LogP contribution in [0.25, 0.3) is 0 Å². The van der Waals surface area contributed by atoms with Crippen molar-refractivity contribution in [1.82, 2.24) is 19.7 Å². The van der Waals surface area contributed by atoms with Crippen LogP contribution in [0.2, 0.25) is 0 Å². The Balaban J connectivity index is 2.23. The Hall–Kier alpha value is -2.40. The fraction of sp³-hybridized carbons (Fsp3) is 0.375. The summed E-state index contributed by atoms with van der Waals surface area (Å²) in [6.07, 6.45) is 1.34. The molecule has 1 N–H and O–H groups in total. The van der Waals surface area contributed by atoms with Crippen LogP contribution in [0.3, 0.4) is 0 Å². The van der Waals surface area contributed by atoms with Gasteiger partial charge in [0.25, 0.3) is 10.0 Å². The Morgan fingerprint density at radius 1 is 1.15 bits per heavy atom. The molecule has 2 aromatic rings. The molecule has 0 aliphatic rings. The second-order valence-electron chi connectivity index (χ2n) is 5.66. The first-order valence-corrected chi connectivity index (χ1v) is 10.2. The largest absolute Gasteiger partial charge is 0.481 e. The van der Waals surface area contributed by atoms with Crippen LogP contribution in [0.5, 0.6) is 11.8 Å². The topological polar surface area (TPSA) is 120 Å². The summed E-state index contributed by atoms with van der Waals surface area (Å²) in [5.41, 5.74) is 0. The number of nitrogens with zero attached hydrogens (tertiary/aromatic N) is 3. The predicted molar refractivity (Wildman–Crippen MR) is 99.2 cm³/mol. The summed E-state index contributed by atoms with van der Waals surface area (Å²) in [7, 11) is -1.18. The highest BCUT2D eigenvalue weighted by molar-refractivity contribution is 8.00. The van der Waals surface area contributed by atoms with E-state index in [4.69, 9.17) is 9.47 Å². The molecular formula is C16H20N4O5S2. The molecular weight excluding hydrogens is 392 g/mol. The lowest BCUT2D eigenvalue weighted by Crippen LogP contribution is -2.39. The average Bonchev–Trinajstić information content (AvgIpc) is 2.65. The lowest BCUT2D eigenvalue weighted by molar-refractivity contribution is -0.119. The third-order valence-electron chi connectivity index (χ3n) is 3.32. The van der Waals surface area contributed by atoms with E-state index in [1.165, 1.54) is 38.6 Å². The lowest BCUT2D eigenvalue weighted by Gasteiger charge is -2.19. The van der Waals surface area contributed by atoms with Crippen molar-refractivity contribution in [3.63, 3.8) is 0 Å². The van der Waals surface area contributed by atoms with Gasteiger partial charge in [0.1, 0.15) is 0 Å². The van der Waals surface area contributed by atoms with Crippen molar-refractivity contribution in [2.45, 2.75) is 29.3 Å². The van der Waals surface area contributed by atoms with Crippen LogP contribution >= 0.6 is 11.8 Å². The Kier molecular flexibility index (Phi) is 6.97. The standard InChI is InChI=1S/C16H20N4O5S2/c1-10(2)14(26-16-18-11(24-3)9-12(19-16)25-4)15(21)20-27(22,23)13-7-5-6-8-17-13/h5-10,14H,1-4H3,(H,20,21). The predicted octanol–water partition coefficient (Wildman–Crippen LogP) is 1.51. The van der Waals surface area contributed by atoms with E-state index in [2.05, 4.69) is 19.7 Å². The van der Waals surface area contributed by atoms with Crippen LogP contribution in [0.4, 0.5) is 0 Å². The number of hydrogen-bond acceptors (Lipinski definition) is 9. The number of carbonyl (C=O) groups is 1. The van der Waals surface area contributed by atoms with Gasteiger partial charge in [-0.15, -0.1) is 0 Å². The minimum Gasteiger partial charge on any atom is -0.481 e. The summed E-state index contributed by atoms with van der Waals surface area (Å²) in [5.74, 6) is -0.345. The zero-order valence-electron chi connectivity index (χ0n) is 15.2. The molecule has 0 aliphatic heterocycles. The van der Waals surface area contributed by atoms with Crippen molar-refractivity contribution in [3.8, 4) is 11.8 Å². The molecule has 0 aliphatic carbocycles. The van der Waals surface area contributed by atoms with Crippen molar-refractivity contribution >= 4 is 27.7 Å². The Bertz CT molecular complexity index is 869. The number of nitrogens with one attached hydrogen (secondary N) is 1. The summed E-state index contributed by atoms with van der Waals surface area (Å²) < 4.78 is 36.9. The van der Waals surface area contributed by atoms with Gasteiger partial charge in [0.15, 0.2) is 10.2 Å². The van der Waals surface area contributed by atoms with Gasteiger partial charge in [-0.3, -0.25) is 4.79 Å². The Labute approximate surface area is 162 Å². The molecule has 9 nitrogen and oxygen atoms in total. The van der Waals surface area contributed by atoms with Gasteiger partial charge < -0.3 is 9.47 Å². The maximum atomic E-state index is 12.6. The molecule has 11 heteroatoms. The highest BCUT2D eigenvalue weighted by Crippen LogP contribution is 2.29. The van der Waals surface area contributed by atoms with Gasteiger partial charge in [0.05, 0.1) is 25.5 Å². The molecule has 2 heterocycles. The Morgan fingerprint density at radius 2 is 1.78 bits per heavy atom. The van der Waals surface area contributed by atoms with E-state index >= 15 is 0 Å². The molecule has 0 fully saturated rings. The molecule has 27 heavy (non-hydrogen) atoms. The molecule has 0 aromatic carbocycles. The smallest absolute Gasteiger partial charge is 0.281 e. The number of thioether (sulfide) groups is 1. The van der Waals surface area contributed by atoms with Crippen LogP contribution < -0.4 is 14.2 Å². The second-order valence-corrected chi connectivity index (χ2v) is 8.39. The number of hydrogen-bond donors (Lipinski definition) is 1. The summed E-state index contributed by atoms with van der Waals surface area (Å²) in [6, 6.07) is 5.92. The SMILES string of the molecule is COc1cc(OC)nc(SC(C(=O)NS(=O)(=O)c2ccccn2)C(C)C)n1. The fourth-order valence-corrected chi connectivity index (χ4v) is 3.98. The maximum Gasteiger partial charge on any atom is 0.281 e. The number of rotatable bonds is 8. The van der Waals surface area contributed by atoms with Crippen LogP contribution in [0.15, 0.2) is 40.6 Å². The molecule has 0 saturated heterocycles. The third-order valence-corrected chi connectivity index (χ3v) is 5.99. The first-order valence-electron chi connectivity index (χ1n) is 7.88. The highest BCUT2D eigenvalue weighted by atomic mass is 32.2. The fourth-order valence-electron chi connectivity index (χ4n) is 2.00. The maximum absolute atomic E-state index is 12.6. The van der Waals surface area contributed by atoms with E-state index in [-0.39, 0.29) is 27.9 Å². The third kappa shape index (κ3) is 5.54. The number of methoxy groups -OCH3 is 2. The number of sulfonamides is 1. The van der Waals surface area contributed by atoms with Crippen LogP contribution in [-0.2, 0) is 14.8 Å². The van der Waals surface area contributed by atoms with Gasteiger partial charge in [0, 0.05) is 6.20 Å². The Morgan fingerprint density at radius 3 is 2.26 bits per heavy atom. The van der Waals surface area contributed by atoms with Gasteiger partial charge in [-0.25, -0.2) is 9.71 Å². The molecule has 2 rings (SSSR count). The lowest BCUT2D eigenvalue weighted by atomic mass is 10.1. The molecule has 1 amide bonds. The molecule has 146 valence electrons. The van der Waals surface area contributed by atoms with Crippen molar-refractivity contribution in [1.29, 1.82) is 0 Å². The summed E-state index contributed by atoms with van der Waals surface area (Å²) >= 11 is 1.02. The van der Waals surface area contributed by atoms with Crippen molar-refractivity contribution in [2.24, 2.45) is 5.92 Å². The molecule has 2 aromatic heterocycles. The number of pyridine rings is 1. The first-order chi connectivity index (χ1) is 12.8. The second kappa shape index (κ2) is 9.00. The van der Waals surface area contributed by atoms with Gasteiger partial charge in [-0.1, -0.05) is 31.7 Å². The van der Waals surface area contributed by atoms with Crippen molar-refractivity contribution in [3.05, 3.63) is 30.5 Å². The van der Waals surface area contributed by atoms with Gasteiger partial charge in [-0.2, -0.15) is 18.4 Å². The number of amides is 1. The quantitative estimate of drug-likeness (QED) is 0.508. The summed E-state index contributed by atoms with van der Waals surface area (Å²) in [4.78, 5) is 24.7. The normalized spacial score (nSPS) is 12.5. The van der Waals surface area contributed by atoms with Crippen molar-refractivity contribution < 1.29 is 22.7 Å². The van der Waals surface area contributed by atoms with E-state index in [0.29, 0.717) is 0 Å². The molecule has 1 unspecified atom stereocenters. The minimum atomic E-state index is -4.07. The number of ether oxygens (including phenoxy) is 2. The molecule has 0 saturated carbocycles. The van der Waals surface area contributed by atoms with E-state index < -0.39 is 21.2 Å². The molecule has 0 radical (unpaired) electrons. The zero-order valence-corrected chi connectivity index (χ0v) is 16.9. The molecule has 1 atom stereocenters. The minimum absolute atomic E-state index is 0.199. The number of carbonyl (C=O) groups excluding carboxylic acids is 1. The molecule has 0 spiro atoms. The van der Waals surface area contributed by atoms with Crippen LogP contribution in [0.1, 0.15) is 13.8 Å². The average molecular weight is 412 g/mol. The van der Waals surface area contributed by atoms with Crippen molar-refractivity contribution in [2.75, 3.05) is 14.2 Å².